The molecule has 0 aliphatic rings. The van der Waals surface area contributed by atoms with E-state index in [0.717, 1.165) is 0 Å². The molecule has 0 aromatic heterocycles. The Morgan fingerprint density at radius 2 is 1.83 bits per heavy atom. The molecule has 70 valence electrons. The SMILES string of the molecule is CCOC(=O)CC(=O)OCCS. The van der Waals surface area contributed by atoms with E-state index in [1.165, 1.54) is 0 Å². The van der Waals surface area contributed by atoms with Crippen LogP contribution in [0.3, 0.4) is 0 Å². The Labute approximate surface area is 76.6 Å². The van der Waals surface area contributed by atoms with Crippen LogP contribution in [0, 0.1) is 0 Å². The number of hydrogen-bond acceptors (Lipinski definition) is 5. The van der Waals surface area contributed by atoms with Gasteiger partial charge in [-0.05, 0) is 6.92 Å². The maximum absolute atomic E-state index is 10.7. The molecule has 0 atom stereocenters. The molecule has 0 fully saturated rings. The second-order valence-electron chi connectivity index (χ2n) is 1.93. The molecule has 0 aliphatic heterocycles. The molecule has 0 N–H and O–H groups in total. The van der Waals surface area contributed by atoms with Gasteiger partial charge in [0.15, 0.2) is 0 Å². The highest BCUT2D eigenvalue weighted by atomic mass is 32.1. The third-order valence-corrected chi connectivity index (χ3v) is 1.13. The lowest BCUT2D eigenvalue weighted by Crippen LogP contribution is -2.14. The van der Waals surface area contributed by atoms with Crippen LogP contribution < -0.4 is 0 Å². The van der Waals surface area contributed by atoms with Crippen molar-refractivity contribution in [3.63, 3.8) is 0 Å². The normalized spacial score (nSPS) is 9.17. The molecule has 0 amide bonds. The van der Waals surface area contributed by atoms with E-state index in [4.69, 9.17) is 0 Å². The minimum Gasteiger partial charge on any atom is -0.466 e. The zero-order chi connectivity index (χ0) is 9.40. The third-order valence-electron chi connectivity index (χ3n) is 0.948. The summed E-state index contributed by atoms with van der Waals surface area (Å²) in [6, 6.07) is 0. The zero-order valence-electron chi connectivity index (χ0n) is 6.91. The molecule has 0 saturated carbocycles. The monoisotopic (exact) mass is 192 g/mol. The van der Waals surface area contributed by atoms with Crippen LogP contribution in [0.1, 0.15) is 13.3 Å². The Morgan fingerprint density at radius 1 is 1.25 bits per heavy atom. The molecule has 0 aromatic carbocycles. The van der Waals surface area contributed by atoms with Gasteiger partial charge in [-0.2, -0.15) is 12.6 Å². The highest BCUT2D eigenvalue weighted by Gasteiger charge is 2.10. The quantitative estimate of drug-likeness (QED) is 0.389. The van der Waals surface area contributed by atoms with Crippen molar-refractivity contribution in [3.8, 4) is 0 Å². The number of carbonyl (C=O) groups excluding carboxylic acids is 2. The van der Waals surface area contributed by atoms with Crippen molar-refractivity contribution < 1.29 is 19.1 Å². The number of carbonyl (C=O) groups is 2. The highest BCUT2D eigenvalue weighted by Crippen LogP contribution is 1.91. The van der Waals surface area contributed by atoms with E-state index in [9.17, 15) is 9.59 Å². The first-order valence-electron chi connectivity index (χ1n) is 3.62. The second kappa shape index (κ2) is 6.97. The molecule has 12 heavy (non-hydrogen) atoms. The summed E-state index contributed by atoms with van der Waals surface area (Å²) in [6.45, 7) is 2.18. The standard InChI is InChI=1S/C7H12O4S/c1-2-10-6(8)5-7(9)11-3-4-12/h12H,2-5H2,1H3. The van der Waals surface area contributed by atoms with Gasteiger partial charge in [0.25, 0.3) is 0 Å². The van der Waals surface area contributed by atoms with Crippen molar-refractivity contribution in [2.45, 2.75) is 13.3 Å². The van der Waals surface area contributed by atoms with Crippen LogP contribution in [0.2, 0.25) is 0 Å². The van der Waals surface area contributed by atoms with Gasteiger partial charge in [-0.15, -0.1) is 0 Å². The van der Waals surface area contributed by atoms with E-state index in [2.05, 4.69) is 22.1 Å². The fraction of sp³-hybridized carbons (Fsp3) is 0.714. The summed E-state index contributed by atoms with van der Waals surface area (Å²) >= 11 is 3.83. The zero-order valence-corrected chi connectivity index (χ0v) is 7.80. The van der Waals surface area contributed by atoms with Crippen molar-refractivity contribution in [1.29, 1.82) is 0 Å². The molecule has 5 heteroatoms. The first kappa shape index (κ1) is 11.3. The first-order chi connectivity index (χ1) is 5.70. The van der Waals surface area contributed by atoms with Crippen molar-refractivity contribution in [2.75, 3.05) is 19.0 Å². The summed E-state index contributed by atoms with van der Waals surface area (Å²) in [5, 5.41) is 0. The maximum Gasteiger partial charge on any atom is 0.317 e. The molecule has 0 aromatic rings. The number of esters is 2. The molecule has 0 saturated heterocycles. The van der Waals surface area contributed by atoms with Gasteiger partial charge >= 0.3 is 11.9 Å². The summed E-state index contributed by atoms with van der Waals surface area (Å²) in [4.78, 5) is 21.4. The Hall–Kier alpha value is -0.710. The van der Waals surface area contributed by atoms with Gasteiger partial charge in [0, 0.05) is 5.75 Å². The average Bonchev–Trinajstić information content (AvgIpc) is 2.01. The number of ether oxygens (including phenoxy) is 2. The Bertz CT molecular complexity index is 157. The number of rotatable bonds is 5. The van der Waals surface area contributed by atoms with Crippen LogP contribution in [0.5, 0.6) is 0 Å². The molecular weight excluding hydrogens is 180 g/mol. The summed E-state index contributed by atoms with van der Waals surface area (Å²) in [5.41, 5.74) is 0. The van der Waals surface area contributed by atoms with E-state index >= 15 is 0 Å². The van der Waals surface area contributed by atoms with Crippen LogP contribution in [0.4, 0.5) is 0 Å². The third kappa shape index (κ3) is 6.03. The number of thiol groups is 1. The lowest BCUT2D eigenvalue weighted by Gasteiger charge is -2.01. The van der Waals surface area contributed by atoms with Crippen LogP contribution in [-0.2, 0) is 19.1 Å². The van der Waals surface area contributed by atoms with E-state index < -0.39 is 11.9 Å². The van der Waals surface area contributed by atoms with E-state index in [-0.39, 0.29) is 19.6 Å². The lowest BCUT2D eigenvalue weighted by atomic mass is 10.4. The molecular formula is C7H12O4S. The fourth-order valence-electron chi connectivity index (χ4n) is 0.540. The van der Waals surface area contributed by atoms with Gasteiger partial charge < -0.3 is 9.47 Å². The Balaban J connectivity index is 3.47. The van der Waals surface area contributed by atoms with Gasteiger partial charge in [0.05, 0.1) is 6.61 Å². The molecule has 0 aliphatic carbocycles. The molecule has 0 unspecified atom stereocenters. The summed E-state index contributed by atoms with van der Waals surface area (Å²) in [6.07, 6.45) is -0.318. The van der Waals surface area contributed by atoms with E-state index in [0.29, 0.717) is 5.75 Å². The Kier molecular flexibility index (Phi) is 6.55. The minimum absolute atomic E-state index is 0.224. The predicted octanol–water partition coefficient (Wildman–Crippen LogP) is 0.413. The van der Waals surface area contributed by atoms with Crippen LogP contribution >= 0.6 is 12.6 Å². The second-order valence-corrected chi connectivity index (χ2v) is 2.37. The molecule has 0 radical (unpaired) electrons. The van der Waals surface area contributed by atoms with Gasteiger partial charge in [0.1, 0.15) is 13.0 Å². The van der Waals surface area contributed by atoms with E-state index in [1.54, 1.807) is 6.92 Å². The minimum atomic E-state index is -0.567. The molecule has 0 rings (SSSR count). The van der Waals surface area contributed by atoms with Crippen molar-refractivity contribution >= 4 is 24.6 Å². The fourth-order valence-corrected chi connectivity index (χ4v) is 0.632. The summed E-state index contributed by atoms with van der Waals surface area (Å²) in [5.74, 6) is -0.668. The van der Waals surface area contributed by atoms with E-state index in [1.807, 2.05) is 0 Å². The van der Waals surface area contributed by atoms with Gasteiger partial charge in [-0.3, -0.25) is 9.59 Å². The smallest absolute Gasteiger partial charge is 0.317 e. The van der Waals surface area contributed by atoms with Crippen LogP contribution in [0.25, 0.3) is 0 Å². The average molecular weight is 192 g/mol. The largest absolute Gasteiger partial charge is 0.466 e. The number of hydrogen-bond donors (Lipinski definition) is 1. The molecule has 0 spiro atoms. The van der Waals surface area contributed by atoms with Crippen LogP contribution in [-0.4, -0.2) is 30.9 Å². The van der Waals surface area contributed by atoms with Gasteiger partial charge in [-0.1, -0.05) is 0 Å². The van der Waals surface area contributed by atoms with Crippen molar-refractivity contribution in [3.05, 3.63) is 0 Å². The first-order valence-corrected chi connectivity index (χ1v) is 4.26. The van der Waals surface area contributed by atoms with Gasteiger partial charge in [-0.25, -0.2) is 0 Å². The topological polar surface area (TPSA) is 52.6 Å². The lowest BCUT2D eigenvalue weighted by molar-refractivity contribution is -0.153. The maximum atomic E-state index is 10.7. The highest BCUT2D eigenvalue weighted by molar-refractivity contribution is 7.80. The summed E-state index contributed by atoms with van der Waals surface area (Å²) in [7, 11) is 0. The van der Waals surface area contributed by atoms with Crippen molar-refractivity contribution in [1.82, 2.24) is 0 Å². The molecule has 0 heterocycles. The predicted molar refractivity (Wildman–Crippen MR) is 46.1 cm³/mol. The van der Waals surface area contributed by atoms with Gasteiger partial charge in [0.2, 0.25) is 0 Å². The summed E-state index contributed by atoms with van der Waals surface area (Å²) < 4.78 is 9.13. The molecule has 4 nitrogen and oxygen atoms in total. The van der Waals surface area contributed by atoms with Crippen LogP contribution in [0.15, 0.2) is 0 Å². The Morgan fingerprint density at radius 3 is 2.33 bits per heavy atom. The van der Waals surface area contributed by atoms with Crippen molar-refractivity contribution in [2.24, 2.45) is 0 Å². The molecule has 0 bridgehead atoms.